The molecule has 0 N–H and O–H groups in total. The molecule has 0 aliphatic carbocycles. The van der Waals surface area contributed by atoms with Crippen LogP contribution in [0.15, 0.2) is 0 Å². The van der Waals surface area contributed by atoms with Gasteiger partial charge in [0.25, 0.3) is 0 Å². The molecular weight excluding hydrogens is 272 g/mol. The summed E-state index contributed by atoms with van der Waals surface area (Å²) < 4.78 is 17.7. The van der Waals surface area contributed by atoms with Gasteiger partial charge in [0.15, 0.2) is 20.9 Å². The molecule has 1 rings (SSSR count). The van der Waals surface area contributed by atoms with Gasteiger partial charge in [-0.05, 0) is 38.4 Å². The zero-order valence-corrected chi connectivity index (χ0v) is 14.9. The fraction of sp³-hybridized carbons (Fsp3) is 0.933. The highest BCUT2D eigenvalue weighted by molar-refractivity contribution is 6.74. The summed E-state index contributed by atoms with van der Waals surface area (Å²) in [5, 5.41) is 0.131. The average Bonchev–Trinajstić information content (AvgIpc) is 2.28. The molecule has 0 bridgehead atoms. The van der Waals surface area contributed by atoms with Gasteiger partial charge in [0, 0.05) is 6.42 Å². The fourth-order valence-electron chi connectivity index (χ4n) is 2.00. The second kappa shape index (κ2) is 6.69. The Morgan fingerprint density at radius 1 is 1.25 bits per heavy atom. The predicted molar refractivity (Wildman–Crippen MR) is 82.3 cm³/mol. The minimum atomic E-state index is -1.88. The van der Waals surface area contributed by atoms with Crippen LogP contribution in [0.5, 0.6) is 0 Å². The smallest absolute Gasteiger partial charge is 0.192 e. The maximum absolute atomic E-state index is 11.3. The minimum Gasteiger partial charge on any atom is -0.411 e. The van der Waals surface area contributed by atoms with Crippen molar-refractivity contribution in [2.75, 3.05) is 0 Å². The maximum Gasteiger partial charge on any atom is 0.192 e. The first kappa shape index (κ1) is 17.8. The van der Waals surface area contributed by atoms with E-state index in [0.717, 1.165) is 19.1 Å². The fourth-order valence-corrected chi connectivity index (χ4v) is 3.36. The van der Waals surface area contributed by atoms with Crippen molar-refractivity contribution in [3.63, 3.8) is 0 Å². The molecule has 3 atom stereocenters. The lowest BCUT2D eigenvalue weighted by Gasteiger charge is -2.43. The van der Waals surface area contributed by atoms with Gasteiger partial charge in [0.1, 0.15) is 6.10 Å². The van der Waals surface area contributed by atoms with E-state index in [0.29, 0.717) is 0 Å². The molecule has 4 nitrogen and oxygen atoms in total. The molecule has 0 saturated carbocycles. The Kier molecular flexibility index (Phi) is 5.96. The van der Waals surface area contributed by atoms with Gasteiger partial charge >= 0.3 is 0 Å². The first-order valence-electron chi connectivity index (χ1n) is 7.51. The van der Waals surface area contributed by atoms with Gasteiger partial charge in [-0.25, -0.2) is 0 Å². The minimum absolute atomic E-state index is 0.102. The summed E-state index contributed by atoms with van der Waals surface area (Å²) in [5.41, 5.74) is 0. The molecular formula is C15H30O4Si. The van der Waals surface area contributed by atoms with Crippen LogP contribution < -0.4 is 0 Å². The third kappa shape index (κ3) is 4.65. The second-order valence-electron chi connectivity index (χ2n) is 7.35. The molecule has 1 aliphatic rings. The maximum atomic E-state index is 11.3. The van der Waals surface area contributed by atoms with Gasteiger partial charge in [-0.15, -0.1) is 0 Å². The summed E-state index contributed by atoms with van der Waals surface area (Å²) in [4.78, 5) is 11.3. The van der Waals surface area contributed by atoms with Crippen LogP contribution in [0, 0.1) is 0 Å². The van der Waals surface area contributed by atoms with Crippen molar-refractivity contribution in [2.24, 2.45) is 0 Å². The molecule has 1 fully saturated rings. The quantitative estimate of drug-likeness (QED) is 0.576. The molecule has 1 aliphatic heterocycles. The third-order valence-corrected chi connectivity index (χ3v) is 8.68. The number of ether oxygens (including phenoxy) is 2. The Hall–Kier alpha value is -0.233. The monoisotopic (exact) mass is 302 g/mol. The van der Waals surface area contributed by atoms with Crippen molar-refractivity contribution < 1.29 is 18.7 Å². The van der Waals surface area contributed by atoms with Gasteiger partial charge < -0.3 is 18.7 Å². The summed E-state index contributed by atoms with van der Waals surface area (Å²) in [6, 6.07) is 0. The van der Waals surface area contributed by atoms with Gasteiger partial charge in [-0.2, -0.15) is 0 Å². The van der Waals surface area contributed by atoms with Crippen LogP contribution in [0.25, 0.3) is 0 Å². The molecule has 0 radical (unpaired) electrons. The molecule has 0 aromatic carbocycles. The van der Waals surface area contributed by atoms with E-state index < -0.39 is 14.4 Å². The van der Waals surface area contributed by atoms with E-state index in [2.05, 4.69) is 33.9 Å². The molecule has 20 heavy (non-hydrogen) atoms. The summed E-state index contributed by atoms with van der Waals surface area (Å²) >= 11 is 0. The van der Waals surface area contributed by atoms with Crippen LogP contribution in [0.1, 0.15) is 47.5 Å². The Morgan fingerprint density at radius 3 is 2.30 bits per heavy atom. The molecule has 5 heteroatoms. The van der Waals surface area contributed by atoms with Crippen LogP contribution in [-0.4, -0.2) is 39.2 Å². The Labute approximate surface area is 124 Å². The Bertz CT molecular complexity index is 322. The number of hydrogen-bond acceptors (Lipinski definition) is 4. The first-order chi connectivity index (χ1) is 9.06. The van der Waals surface area contributed by atoms with Crippen LogP contribution in [-0.2, 0) is 18.7 Å². The normalized spacial score (nSPS) is 28.7. The number of carbonyl (C=O) groups excluding carboxylic acids is 1. The molecule has 0 amide bonds. The third-order valence-electron chi connectivity index (χ3n) is 4.17. The lowest BCUT2D eigenvalue weighted by Crippen LogP contribution is -2.51. The highest BCUT2D eigenvalue weighted by atomic mass is 28.4. The van der Waals surface area contributed by atoms with E-state index in [9.17, 15) is 4.79 Å². The van der Waals surface area contributed by atoms with Crippen LogP contribution >= 0.6 is 0 Å². The predicted octanol–water partition coefficient (Wildman–Crippen LogP) is 3.51. The average molecular weight is 302 g/mol. The van der Waals surface area contributed by atoms with Crippen molar-refractivity contribution >= 4 is 14.6 Å². The zero-order chi connectivity index (χ0) is 15.6. The Morgan fingerprint density at radius 2 is 1.85 bits per heavy atom. The number of rotatable bonds is 5. The van der Waals surface area contributed by atoms with Crippen molar-refractivity contribution in [3.8, 4) is 0 Å². The van der Waals surface area contributed by atoms with Crippen LogP contribution in [0.4, 0.5) is 0 Å². The molecule has 1 unspecified atom stereocenters. The summed E-state index contributed by atoms with van der Waals surface area (Å²) in [5.74, 6) is 0. The molecule has 1 saturated heterocycles. The number of carbonyl (C=O) groups is 1. The summed E-state index contributed by atoms with van der Waals surface area (Å²) in [6.45, 7) is 14.9. The van der Waals surface area contributed by atoms with Crippen molar-refractivity contribution in [1.82, 2.24) is 0 Å². The van der Waals surface area contributed by atoms with E-state index in [-0.39, 0.29) is 23.5 Å². The van der Waals surface area contributed by atoms with E-state index in [4.69, 9.17) is 13.9 Å². The molecule has 118 valence electrons. The molecule has 0 aromatic heterocycles. The van der Waals surface area contributed by atoms with Gasteiger partial charge in [0.2, 0.25) is 0 Å². The second-order valence-corrected chi connectivity index (χ2v) is 12.1. The van der Waals surface area contributed by atoms with E-state index in [1.807, 2.05) is 13.8 Å². The summed E-state index contributed by atoms with van der Waals surface area (Å²) in [7, 11) is -1.88. The highest BCUT2D eigenvalue weighted by Gasteiger charge is 2.42. The van der Waals surface area contributed by atoms with Crippen molar-refractivity contribution in [1.29, 1.82) is 0 Å². The zero-order valence-electron chi connectivity index (χ0n) is 13.9. The lowest BCUT2D eigenvalue weighted by molar-refractivity contribution is -0.224. The van der Waals surface area contributed by atoms with Gasteiger partial charge in [-0.1, -0.05) is 20.8 Å². The largest absolute Gasteiger partial charge is 0.411 e. The molecule has 0 spiro atoms. The van der Waals surface area contributed by atoms with Crippen LogP contribution in [0.2, 0.25) is 18.1 Å². The molecule has 1 heterocycles. The SMILES string of the molecule is CC(C)O[C@@H]1CCC(O[Si](C)(C)C(C)(C)C)[C@@H](C=O)O1. The van der Waals surface area contributed by atoms with E-state index in [1.54, 1.807) is 0 Å². The summed E-state index contributed by atoms with van der Waals surface area (Å²) in [6.07, 6.45) is 1.61. The topological polar surface area (TPSA) is 44.8 Å². The van der Waals surface area contributed by atoms with Gasteiger partial charge in [0.05, 0.1) is 12.2 Å². The standard InChI is InChI=1S/C15H30O4Si/c1-11(2)17-14-9-8-12(13(10-16)18-14)19-20(6,7)15(3,4)5/h10-14H,8-9H2,1-7H3/t12?,13-,14+/m1/s1. The molecule has 0 aromatic rings. The van der Waals surface area contributed by atoms with Crippen molar-refractivity contribution in [2.45, 2.75) is 90.2 Å². The van der Waals surface area contributed by atoms with E-state index in [1.165, 1.54) is 0 Å². The first-order valence-corrected chi connectivity index (χ1v) is 10.4. The van der Waals surface area contributed by atoms with E-state index >= 15 is 0 Å². The van der Waals surface area contributed by atoms with Gasteiger partial charge in [-0.3, -0.25) is 0 Å². The highest BCUT2D eigenvalue weighted by Crippen LogP contribution is 2.39. The number of aldehydes is 1. The van der Waals surface area contributed by atoms with Crippen molar-refractivity contribution in [3.05, 3.63) is 0 Å². The number of hydrogen-bond donors (Lipinski definition) is 0. The Balaban J connectivity index is 2.67. The van der Waals surface area contributed by atoms with Crippen LogP contribution in [0.3, 0.4) is 0 Å². The lowest BCUT2D eigenvalue weighted by atomic mass is 10.1.